The van der Waals surface area contributed by atoms with E-state index in [0.29, 0.717) is 0 Å². The first kappa shape index (κ1) is 11.2. The highest BCUT2D eigenvalue weighted by Crippen LogP contribution is 2.06. The molecule has 0 saturated heterocycles. The van der Waals surface area contributed by atoms with Crippen LogP contribution in [0.1, 0.15) is 18.9 Å². The average molecular weight is 212 g/mol. The van der Waals surface area contributed by atoms with E-state index >= 15 is 0 Å². The van der Waals surface area contributed by atoms with Gasteiger partial charge in [-0.2, -0.15) is 0 Å². The zero-order chi connectivity index (χ0) is 10.6. The molecule has 0 bridgehead atoms. The standard InChI is InChI=1S/C10H16N2OS/c1-8(2)10(13)12(3)6-4-9-11-5-7-14-9/h5,7-8H,4,6H2,1-3H3. The number of hydrogen-bond donors (Lipinski definition) is 0. The topological polar surface area (TPSA) is 33.2 Å². The summed E-state index contributed by atoms with van der Waals surface area (Å²) in [5.41, 5.74) is 0. The van der Waals surface area contributed by atoms with Crippen molar-refractivity contribution in [1.82, 2.24) is 9.88 Å². The van der Waals surface area contributed by atoms with Crippen LogP contribution in [0.5, 0.6) is 0 Å². The van der Waals surface area contributed by atoms with Crippen LogP contribution in [0, 0.1) is 5.92 Å². The van der Waals surface area contributed by atoms with Gasteiger partial charge in [-0.25, -0.2) is 4.98 Å². The van der Waals surface area contributed by atoms with E-state index in [0.717, 1.165) is 18.0 Å². The summed E-state index contributed by atoms with van der Waals surface area (Å²) in [4.78, 5) is 17.5. The van der Waals surface area contributed by atoms with Crippen LogP contribution >= 0.6 is 11.3 Å². The van der Waals surface area contributed by atoms with E-state index in [2.05, 4.69) is 4.98 Å². The lowest BCUT2D eigenvalue weighted by Gasteiger charge is -2.18. The van der Waals surface area contributed by atoms with Crippen molar-refractivity contribution in [3.8, 4) is 0 Å². The van der Waals surface area contributed by atoms with Crippen LogP contribution in [0.25, 0.3) is 0 Å². The van der Waals surface area contributed by atoms with Gasteiger partial charge in [-0.1, -0.05) is 13.8 Å². The molecule has 0 N–H and O–H groups in total. The lowest BCUT2D eigenvalue weighted by Crippen LogP contribution is -2.32. The number of hydrogen-bond acceptors (Lipinski definition) is 3. The van der Waals surface area contributed by atoms with Crippen molar-refractivity contribution in [2.24, 2.45) is 5.92 Å². The minimum atomic E-state index is 0.0799. The number of aromatic nitrogens is 1. The second kappa shape index (κ2) is 5.10. The third kappa shape index (κ3) is 3.10. The molecule has 4 heteroatoms. The van der Waals surface area contributed by atoms with Crippen LogP contribution in [0.3, 0.4) is 0 Å². The summed E-state index contributed by atoms with van der Waals surface area (Å²) >= 11 is 1.64. The Balaban J connectivity index is 2.35. The largest absolute Gasteiger partial charge is 0.345 e. The maximum absolute atomic E-state index is 11.5. The first-order chi connectivity index (χ1) is 6.61. The van der Waals surface area contributed by atoms with Gasteiger partial charge < -0.3 is 4.90 Å². The van der Waals surface area contributed by atoms with Crippen LogP contribution in [-0.2, 0) is 11.2 Å². The summed E-state index contributed by atoms with van der Waals surface area (Å²) in [5.74, 6) is 0.276. The maximum Gasteiger partial charge on any atom is 0.224 e. The summed E-state index contributed by atoms with van der Waals surface area (Å²) in [7, 11) is 1.84. The molecule has 78 valence electrons. The van der Waals surface area contributed by atoms with E-state index in [9.17, 15) is 4.79 Å². The number of nitrogens with zero attached hydrogens (tertiary/aromatic N) is 2. The molecule has 0 atom stereocenters. The summed E-state index contributed by atoms with van der Waals surface area (Å²) < 4.78 is 0. The molecule has 0 aromatic carbocycles. The molecule has 0 aliphatic heterocycles. The van der Waals surface area contributed by atoms with Gasteiger partial charge in [0.25, 0.3) is 0 Å². The molecule has 1 amide bonds. The predicted molar refractivity (Wildman–Crippen MR) is 58.3 cm³/mol. The molecule has 1 aromatic heterocycles. The van der Waals surface area contributed by atoms with Gasteiger partial charge in [0.15, 0.2) is 0 Å². The number of likely N-dealkylation sites (N-methyl/N-ethyl adjacent to an activating group) is 1. The third-order valence-corrected chi connectivity index (χ3v) is 2.85. The summed E-state index contributed by atoms with van der Waals surface area (Å²) in [5, 5.41) is 3.05. The van der Waals surface area contributed by atoms with Crippen molar-refractivity contribution in [2.75, 3.05) is 13.6 Å². The van der Waals surface area contributed by atoms with Crippen LogP contribution in [0.2, 0.25) is 0 Å². The summed E-state index contributed by atoms with van der Waals surface area (Å²) in [6.07, 6.45) is 2.65. The van der Waals surface area contributed by atoms with Gasteiger partial charge in [0.05, 0.1) is 5.01 Å². The highest BCUT2D eigenvalue weighted by Gasteiger charge is 2.12. The summed E-state index contributed by atoms with van der Waals surface area (Å²) in [6, 6.07) is 0. The second-order valence-corrected chi connectivity index (χ2v) is 4.57. The molecule has 3 nitrogen and oxygen atoms in total. The van der Waals surface area contributed by atoms with E-state index in [1.165, 1.54) is 0 Å². The molecule has 0 saturated carbocycles. The van der Waals surface area contributed by atoms with Crippen LogP contribution in [0.4, 0.5) is 0 Å². The fraction of sp³-hybridized carbons (Fsp3) is 0.600. The highest BCUT2D eigenvalue weighted by atomic mass is 32.1. The Morgan fingerprint density at radius 2 is 2.36 bits per heavy atom. The number of rotatable bonds is 4. The van der Waals surface area contributed by atoms with Gasteiger partial charge in [-0.3, -0.25) is 4.79 Å². The first-order valence-corrected chi connectivity index (χ1v) is 5.62. The molecule has 14 heavy (non-hydrogen) atoms. The smallest absolute Gasteiger partial charge is 0.224 e. The van der Waals surface area contributed by atoms with Gasteiger partial charge >= 0.3 is 0 Å². The first-order valence-electron chi connectivity index (χ1n) is 4.74. The van der Waals surface area contributed by atoms with E-state index in [1.807, 2.05) is 26.3 Å². The van der Waals surface area contributed by atoms with E-state index in [-0.39, 0.29) is 11.8 Å². The second-order valence-electron chi connectivity index (χ2n) is 3.59. The number of thiazole rings is 1. The molecule has 0 spiro atoms. The summed E-state index contributed by atoms with van der Waals surface area (Å²) in [6.45, 7) is 4.59. The molecular weight excluding hydrogens is 196 g/mol. The average Bonchev–Trinajstić information content (AvgIpc) is 2.65. The van der Waals surface area contributed by atoms with Crippen molar-refractivity contribution in [3.63, 3.8) is 0 Å². The molecule has 0 aliphatic carbocycles. The number of amides is 1. The quantitative estimate of drug-likeness (QED) is 0.762. The highest BCUT2D eigenvalue weighted by molar-refractivity contribution is 7.09. The zero-order valence-corrected chi connectivity index (χ0v) is 9.67. The number of carbonyl (C=O) groups excluding carboxylic acids is 1. The number of carbonyl (C=O) groups is 1. The zero-order valence-electron chi connectivity index (χ0n) is 8.86. The Kier molecular flexibility index (Phi) is 4.07. The molecule has 0 fully saturated rings. The minimum Gasteiger partial charge on any atom is -0.345 e. The fourth-order valence-electron chi connectivity index (χ4n) is 1.19. The van der Waals surface area contributed by atoms with Crippen molar-refractivity contribution >= 4 is 17.2 Å². The molecule has 0 aliphatic rings. The maximum atomic E-state index is 11.5. The van der Waals surface area contributed by atoms with Crippen LogP contribution < -0.4 is 0 Å². The Labute approximate surface area is 88.8 Å². The van der Waals surface area contributed by atoms with Gasteiger partial charge in [-0.15, -0.1) is 11.3 Å². The fourth-order valence-corrected chi connectivity index (χ4v) is 1.80. The van der Waals surface area contributed by atoms with E-state index in [1.54, 1.807) is 22.4 Å². The molecular formula is C10H16N2OS. The molecule has 1 aromatic rings. The minimum absolute atomic E-state index is 0.0799. The molecule has 1 rings (SSSR count). The van der Waals surface area contributed by atoms with Crippen LogP contribution in [-0.4, -0.2) is 29.4 Å². The normalized spacial score (nSPS) is 10.6. The lowest BCUT2D eigenvalue weighted by atomic mass is 10.2. The van der Waals surface area contributed by atoms with Crippen molar-refractivity contribution in [2.45, 2.75) is 20.3 Å². The molecule has 0 unspecified atom stereocenters. The van der Waals surface area contributed by atoms with Crippen molar-refractivity contribution in [1.29, 1.82) is 0 Å². The molecule has 0 radical (unpaired) electrons. The third-order valence-electron chi connectivity index (χ3n) is 2.01. The van der Waals surface area contributed by atoms with E-state index in [4.69, 9.17) is 0 Å². The van der Waals surface area contributed by atoms with Gasteiger partial charge in [0.2, 0.25) is 5.91 Å². The Hall–Kier alpha value is -0.900. The van der Waals surface area contributed by atoms with Gasteiger partial charge in [0.1, 0.15) is 0 Å². The Bertz CT molecular complexity index is 282. The molecule has 1 heterocycles. The Morgan fingerprint density at radius 3 is 2.86 bits per heavy atom. The predicted octanol–water partition coefficient (Wildman–Crippen LogP) is 1.80. The SMILES string of the molecule is CC(C)C(=O)N(C)CCc1nccs1. The lowest BCUT2D eigenvalue weighted by molar-refractivity contribution is -0.133. The van der Waals surface area contributed by atoms with E-state index < -0.39 is 0 Å². The van der Waals surface area contributed by atoms with Crippen LogP contribution in [0.15, 0.2) is 11.6 Å². The van der Waals surface area contributed by atoms with Crippen molar-refractivity contribution in [3.05, 3.63) is 16.6 Å². The Morgan fingerprint density at radius 1 is 1.64 bits per heavy atom. The van der Waals surface area contributed by atoms with Gasteiger partial charge in [0, 0.05) is 37.5 Å². The van der Waals surface area contributed by atoms with Gasteiger partial charge in [-0.05, 0) is 0 Å². The monoisotopic (exact) mass is 212 g/mol. The van der Waals surface area contributed by atoms with Crippen molar-refractivity contribution < 1.29 is 4.79 Å².